The molecule has 0 saturated heterocycles. The van der Waals surface area contributed by atoms with Gasteiger partial charge in [-0.05, 0) is 30.2 Å². The van der Waals surface area contributed by atoms with Gasteiger partial charge in [0.25, 0.3) is 0 Å². The summed E-state index contributed by atoms with van der Waals surface area (Å²) in [6.07, 6.45) is 0. The van der Waals surface area contributed by atoms with Gasteiger partial charge in [-0.15, -0.1) is 0 Å². The molecule has 1 aromatic rings. The van der Waals surface area contributed by atoms with E-state index in [2.05, 4.69) is 45.9 Å². The molecule has 1 atom stereocenters. The Morgan fingerprint density at radius 3 is 2.53 bits per heavy atom. The van der Waals surface area contributed by atoms with Gasteiger partial charge in [0.05, 0.1) is 0 Å². The van der Waals surface area contributed by atoms with Crippen molar-refractivity contribution < 1.29 is 0 Å². The standard InChI is InChI=1S/C13H21NS/c1-9(2)15-8-13(14)12-7-10(3)5-6-11(12)4/h5-7,9,13H,8,14H2,1-4H3. The van der Waals surface area contributed by atoms with Gasteiger partial charge in [0.15, 0.2) is 0 Å². The predicted octanol–water partition coefficient (Wildman–Crippen LogP) is 3.44. The molecule has 2 heteroatoms. The van der Waals surface area contributed by atoms with Crippen LogP contribution in [0.3, 0.4) is 0 Å². The van der Waals surface area contributed by atoms with Gasteiger partial charge in [0, 0.05) is 11.8 Å². The zero-order chi connectivity index (χ0) is 11.4. The average Bonchev–Trinajstić information content (AvgIpc) is 2.18. The molecular weight excluding hydrogens is 202 g/mol. The van der Waals surface area contributed by atoms with Gasteiger partial charge < -0.3 is 5.73 Å². The van der Waals surface area contributed by atoms with E-state index in [9.17, 15) is 0 Å². The molecule has 2 N–H and O–H groups in total. The Kier molecular flexibility index (Phi) is 4.68. The summed E-state index contributed by atoms with van der Waals surface area (Å²) in [5.41, 5.74) is 10.1. The SMILES string of the molecule is Cc1ccc(C)c(C(N)CSC(C)C)c1. The van der Waals surface area contributed by atoms with Crippen LogP contribution in [-0.4, -0.2) is 11.0 Å². The minimum atomic E-state index is 0.164. The molecular formula is C13H21NS. The molecule has 0 amide bonds. The van der Waals surface area contributed by atoms with Gasteiger partial charge in [-0.1, -0.05) is 37.6 Å². The van der Waals surface area contributed by atoms with Gasteiger partial charge in [0.1, 0.15) is 0 Å². The van der Waals surface area contributed by atoms with Crippen molar-refractivity contribution in [2.24, 2.45) is 5.73 Å². The van der Waals surface area contributed by atoms with Crippen molar-refractivity contribution in [2.45, 2.75) is 39.0 Å². The van der Waals surface area contributed by atoms with Crippen LogP contribution in [0.4, 0.5) is 0 Å². The smallest absolute Gasteiger partial charge is 0.0389 e. The Hall–Kier alpha value is -0.470. The number of thioether (sulfide) groups is 1. The first kappa shape index (κ1) is 12.6. The van der Waals surface area contributed by atoms with Crippen LogP contribution in [0.15, 0.2) is 18.2 Å². The summed E-state index contributed by atoms with van der Waals surface area (Å²) in [5, 5.41) is 0.654. The van der Waals surface area contributed by atoms with Gasteiger partial charge in [0.2, 0.25) is 0 Å². The topological polar surface area (TPSA) is 26.0 Å². The Labute approximate surface area is 97.4 Å². The zero-order valence-electron chi connectivity index (χ0n) is 10.1. The summed E-state index contributed by atoms with van der Waals surface area (Å²) in [4.78, 5) is 0. The first-order valence-electron chi connectivity index (χ1n) is 5.45. The molecule has 0 heterocycles. The van der Waals surface area contributed by atoms with E-state index in [1.807, 2.05) is 11.8 Å². The highest BCUT2D eigenvalue weighted by molar-refractivity contribution is 7.99. The monoisotopic (exact) mass is 223 g/mol. The molecule has 0 aliphatic heterocycles. The highest BCUT2D eigenvalue weighted by Crippen LogP contribution is 2.22. The quantitative estimate of drug-likeness (QED) is 0.846. The average molecular weight is 223 g/mol. The Morgan fingerprint density at radius 1 is 1.27 bits per heavy atom. The van der Waals surface area contributed by atoms with E-state index in [1.54, 1.807) is 0 Å². The minimum Gasteiger partial charge on any atom is -0.323 e. The normalized spacial score (nSPS) is 13.2. The van der Waals surface area contributed by atoms with Crippen molar-refractivity contribution >= 4 is 11.8 Å². The number of nitrogens with two attached hydrogens (primary N) is 1. The number of hydrogen-bond donors (Lipinski definition) is 1. The van der Waals surface area contributed by atoms with Gasteiger partial charge in [-0.3, -0.25) is 0 Å². The molecule has 0 aliphatic rings. The van der Waals surface area contributed by atoms with Crippen molar-refractivity contribution in [1.82, 2.24) is 0 Å². The molecule has 0 saturated carbocycles. The van der Waals surface area contributed by atoms with Crippen LogP contribution in [-0.2, 0) is 0 Å². The molecule has 1 nitrogen and oxygen atoms in total. The molecule has 0 aromatic heterocycles. The van der Waals surface area contributed by atoms with Crippen LogP contribution < -0.4 is 5.73 Å². The van der Waals surface area contributed by atoms with Gasteiger partial charge in [-0.25, -0.2) is 0 Å². The van der Waals surface area contributed by atoms with Gasteiger partial charge in [-0.2, -0.15) is 11.8 Å². The Bertz CT molecular complexity index is 320. The van der Waals surface area contributed by atoms with E-state index >= 15 is 0 Å². The van der Waals surface area contributed by atoms with Crippen molar-refractivity contribution in [3.05, 3.63) is 34.9 Å². The summed E-state index contributed by atoms with van der Waals surface area (Å²) >= 11 is 1.92. The van der Waals surface area contributed by atoms with E-state index in [0.29, 0.717) is 5.25 Å². The van der Waals surface area contributed by atoms with Crippen molar-refractivity contribution in [3.63, 3.8) is 0 Å². The van der Waals surface area contributed by atoms with E-state index in [0.717, 1.165) is 5.75 Å². The number of hydrogen-bond acceptors (Lipinski definition) is 2. The van der Waals surface area contributed by atoms with E-state index in [4.69, 9.17) is 5.73 Å². The number of aryl methyl sites for hydroxylation is 2. The second kappa shape index (κ2) is 5.57. The predicted molar refractivity (Wildman–Crippen MR) is 70.4 cm³/mol. The first-order valence-corrected chi connectivity index (χ1v) is 6.50. The molecule has 0 radical (unpaired) electrons. The maximum atomic E-state index is 6.19. The van der Waals surface area contributed by atoms with Crippen LogP contribution in [0.5, 0.6) is 0 Å². The lowest BCUT2D eigenvalue weighted by atomic mass is 10.0. The molecule has 84 valence electrons. The van der Waals surface area contributed by atoms with Crippen LogP contribution in [0.2, 0.25) is 0 Å². The van der Waals surface area contributed by atoms with E-state index < -0.39 is 0 Å². The lowest BCUT2D eigenvalue weighted by molar-refractivity contribution is 0.818. The Morgan fingerprint density at radius 2 is 1.93 bits per heavy atom. The first-order chi connectivity index (χ1) is 7.00. The maximum Gasteiger partial charge on any atom is 0.0389 e. The molecule has 1 aromatic carbocycles. The molecule has 0 spiro atoms. The molecule has 0 bridgehead atoms. The number of rotatable bonds is 4. The third kappa shape index (κ3) is 3.88. The van der Waals surface area contributed by atoms with E-state index in [-0.39, 0.29) is 6.04 Å². The fraction of sp³-hybridized carbons (Fsp3) is 0.538. The molecule has 1 unspecified atom stereocenters. The fourth-order valence-electron chi connectivity index (χ4n) is 1.55. The van der Waals surface area contributed by atoms with E-state index in [1.165, 1.54) is 16.7 Å². The number of benzene rings is 1. The summed E-state index contributed by atoms with van der Waals surface area (Å²) in [5.74, 6) is 1.00. The largest absolute Gasteiger partial charge is 0.323 e. The second-order valence-corrected chi connectivity index (χ2v) is 5.96. The molecule has 0 aliphatic carbocycles. The van der Waals surface area contributed by atoms with Crippen molar-refractivity contribution in [2.75, 3.05) is 5.75 Å². The zero-order valence-corrected chi connectivity index (χ0v) is 10.9. The summed E-state index contributed by atoms with van der Waals surface area (Å²) in [7, 11) is 0. The van der Waals surface area contributed by atoms with Gasteiger partial charge >= 0.3 is 0 Å². The van der Waals surface area contributed by atoms with Crippen LogP contribution in [0, 0.1) is 13.8 Å². The summed E-state index contributed by atoms with van der Waals surface area (Å²) in [6, 6.07) is 6.67. The summed E-state index contributed by atoms with van der Waals surface area (Å²) in [6.45, 7) is 8.67. The highest BCUT2D eigenvalue weighted by atomic mass is 32.2. The maximum absolute atomic E-state index is 6.19. The lowest BCUT2D eigenvalue weighted by Gasteiger charge is -2.16. The second-order valence-electron chi connectivity index (χ2n) is 4.35. The van der Waals surface area contributed by atoms with Crippen LogP contribution >= 0.6 is 11.8 Å². The minimum absolute atomic E-state index is 0.164. The molecule has 1 rings (SSSR count). The third-order valence-electron chi connectivity index (χ3n) is 2.44. The lowest BCUT2D eigenvalue weighted by Crippen LogP contribution is -2.15. The molecule has 0 fully saturated rings. The van der Waals surface area contributed by atoms with Crippen LogP contribution in [0.25, 0.3) is 0 Å². The Balaban J connectivity index is 2.72. The highest BCUT2D eigenvalue weighted by Gasteiger charge is 2.09. The van der Waals surface area contributed by atoms with Crippen molar-refractivity contribution in [1.29, 1.82) is 0 Å². The van der Waals surface area contributed by atoms with Crippen LogP contribution in [0.1, 0.15) is 36.6 Å². The van der Waals surface area contributed by atoms with Crippen molar-refractivity contribution in [3.8, 4) is 0 Å². The summed E-state index contributed by atoms with van der Waals surface area (Å²) < 4.78 is 0. The third-order valence-corrected chi connectivity index (χ3v) is 3.66. The fourth-order valence-corrected chi connectivity index (χ4v) is 2.32. The molecule has 15 heavy (non-hydrogen) atoms.